The van der Waals surface area contributed by atoms with Crippen molar-refractivity contribution in [2.75, 3.05) is 19.0 Å². The van der Waals surface area contributed by atoms with Crippen molar-refractivity contribution in [3.63, 3.8) is 0 Å². The first-order valence-corrected chi connectivity index (χ1v) is 6.85. The zero-order chi connectivity index (χ0) is 15.5. The average molecular weight is 281 g/mol. The van der Waals surface area contributed by atoms with Gasteiger partial charge in [-0.3, -0.25) is 4.79 Å². The summed E-state index contributed by atoms with van der Waals surface area (Å²) in [6.45, 7) is 8.40. The highest BCUT2D eigenvalue weighted by molar-refractivity contribution is 5.81. The molecule has 2 N–H and O–H groups in total. The van der Waals surface area contributed by atoms with E-state index in [0.717, 1.165) is 11.6 Å². The standard InChI is InChI=1S/C14H27N5O/c1-10(12(20)17-14(2,3)4)15-8-11-9-16-13(18(5)6)19(11)7/h9-10,15H,8H2,1-7H3,(H,17,20). The third kappa shape index (κ3) is 4.52. The van der Waals surface area contributed by atoms with Crippen LogP contribution in [-0.2, 0) is 18.4 Å². The molecule has 114 valence electrons. The van der Waals surface area contributed by atoms with Gasteiger partial charge in [-0.1, -0.05) is 0 Å². The highest BCUT2D eigenvalue weighted by Gasteiger charge is 2.19. The van der Waals surface area contributed by atoms with Crippen molar-refractivity contribution >= 4 is 11.9 Å². The van der Waals surface area contributed by atoms with Crippen molar-refractivity contribution in [3.8, 4) is 0 Å². The molecule has 1 rings (SSSR count). The summed E-state index contributed by atoms with van der Waals surface area (Å²) in [6.07, 6.45) is 1.83. The molecule has 1 aromatic rings. The molecular weight excluding hydrogens is 254 g/mol. The van der Waals surface area contributed by atoms with Crippen LogP contribution < -0.4 is 15.5 Å². The highest BCUT2D eigenvalue weighted by atomic mass is 16.2. The van der Waals surface area contributed by atoms with Crippen LogP contribution in [0.5, 0.6) is 0 Å². The number of nitrogens with one attached hydrogen (secondary N) is 2. The molecule has 0 saturated carbocycles. The average Bonchev–Trinajstić information content (AvgIpc) is 2.65. The van der Waals surface area contributed by atoms with E-state index < -0.39 is 0 Å². The van der Waals surface area contributed by atoms with E-state index in [1.807, 2.05) is 64.5 Å². The van der Waals surface area contributed by atoms with Gasteiger partial charge in [0.2, 0.25) is 11.9 Å². The molecule has 0 saturated heterocycles. The summed E-state index contributed by atoms with van der Waals surface area (Å²) < 4.78 is 2.02. The number of carbonyl (C=O) groups is 1. The monoisotopic (exact) mass is 281 g/mol. The first-order chi connectivity index (χ1) is 9.11. The summed E-state index contributed by atoms with van der Waals surface area (Å²) in [5.41, 5.74) is 0.835. The van der Waals surface area contributed by atoms with Crippen LogP contribution in [0.4, 0.5) is 5.95 Å². The molecular formula is C14H27N5O. The molecule has 1 unspecified atom stereocenters. The number of aromatic nitrogens is 2. The van der Waals surface area contributed by atoms with E-state index in [-0.39, 0.29) is 17.5 Å². The van der Waals surface area contributed by atoms with Gasteiger partial charge in [0.15, 0.2) is 0 Å². The Balaban J connectivity index is 2.57. The fourth-order valence-electron chi connectivity index (χ4n) is 1.84. The quantitative estimate of drug-likeness (QED) is 0.841. The minimum atomic E-state index is -0.244. The second-order valence-electron chi connectivity index (χ2n) is 6.34. The first-order valence-electron chi connectivity index (χ1n) is 6.85. The van der Waals surface area contributed by atoms with Gasteiger partial charge in [-0.15, -0.1) is 0 Å². The number of carbonyl (C=O) groups excluding carboxylic acids is 1. The van der Waals surface area contributed by atoms with Crippen molar-refractivity contribution in [2.45, 2.75) is 45.8 Å². The minimum Gasteiger partial charge on any atom is -0.350 e. The summed E-state index contributed by atoms with van der Waals surface area (Å²) >= 11 is 0. The van der Waals surface area contributed by atoms with Crippen molar-refractivity contribution < 1.29 is 4.79 Å². The van der Waals surface area contributed by atoms with E-state index in [1.54, 1.807) is 0 Å². The number of hydrogen-bond acceptors (Lipinski definition) is 4. The van der Waals surface area contributed by atoms with Crippen molar-refractivity contribution in [1.82, 2.24) is 20.2 Å². The van der Waals surface area contributed by atoms with Gasteiger partial charge in [-0.2, -0.15) is 0 Å². The Bertz CT molecular complexity index is 459. The molecule has 0 spiro atoms. The van der Waals surface area contributed by atoms with Gasteiger partial charge in [0.1, 0.15) is 0 Å². The van der Waals surface area contributed by atoms with Gasteiger partial charge < -0.3 is 20.1 Å². The third-order valence-corrected chi connectivity index (χ3v) is 2.94. The SMILES string of the molecule is CC(NCc1cnc(N(C)C)n1C)C(=O)NC(C)(C)C. The van der Waals surface area contributed by atoms with Crippen LogP contribution in [0, 0.1) is 0 Å². The van der Waals surface area contributed by atoms with Crippen LogP contribution in [0.25, 0.3) is 0 Å². The molecule has 1 atom stereocenters. The molecule has 0 fully saturated rings. The van der Waals surface area contributed by atoms with Gasteiger partial charge in [-0.25, -0.2) is 4.98 Å². The lowest BCUT2D eigenvalue weighted by molar-refractivity contribution is -0.124. The number of nitrogens with zero attached hydrogens (tertiary/aromatic N) is 3. The Morgan fingerprint density at radius 3 is 2.50 bits per heavy atom. The normalized spacial score (nSPS) is 13.2. The van der Waals surface area contributed by atoms with Crippen LogP contribution >= 0.6 is 0 Å². The molecule has 0 aliphatic carbocycles. The number of anilines is 1. The first kappa shape index (κ1) is 16.5. The molecule has 6 heteroatoms. The summed E-state index contributed by atoms with van der Waals surface area (Å²) in [5, 5.41) is 6.18. The number of amides is 1. The predicted molar refractivity (Wildman–Crippen MR) is 81.7 cm³/mol. The minimum absolute atomic E-state index is 0.00695. The second-order valence-corrected chi connectivity index (χ2v) is 6.34. The Labute approximate surface area is 121 Å². The molecule has 1 heterocycles. The molecule has 6 nitrogen and oxygen atoms in total. The molecule has 0 aliphatic heterocycles. The van der Waals surface area contributed by atoms with E-state index in [2.05, 4.69) is 15.6 Å². The van der Waals surface area contributed by atoms with Crippen LogP contribution in [0.3, 0.4) is 0 Å². The maximum Gasteiger partial charge on any atom is 0.237 e. The van der Waals surface area contributed by atoms with Gasteiger partial charge in [0.05, 0.1) is 17.9 Å². The Morgan fingerprint density at radius 1 is 1.45 bits per heavy atom. The maximum absolute atomic E-state index is 12.0. The molecule has 1 aromatic heterocycles. The number of imidazole rings is 1. The van der Waals surface area contributed by atoms with Crippen molar-refractivity contribution in [2.24, 2.45) is 7.05 Å². The van der Waals surface area contributed by atoms with Crippen LogP contribution in [-0.4, -0.2) is 41.1 Å². The Morgan fingerprint density at radius 2 is 2.05 bits per heavy atom. The van der Waals surface area contributed by atoms with E-state index in [9.17, 15) is 4.79 Å². The summed E-state index contributed by atoms with van der Waals surface area (Å²) in [7, 11) is 5.89. The second kappa shape index (κ2) is 6.26. The number of hydrogen-bond donors (Lipinski definition) is 2. The van der Waals surface area contributed by atoms with E-state index in [0.29, 0.717) is 6.54 Å². The zero-order valence-electron chi connectivity index (χ0n) is 13.6. The lowest BCUT2D eigenvalue weighted by Crippen LogP contribution is -2.49. The highest BCUT2D eigenvalue weighted by Crippen LogP contribution is 2.10. The lowest BCUT2D eigenvalue weighted by Gasteiger charge is -2.23. The fraction of sp³-hybridized carbons (Fsp3) is 0.714. The van der Waals surface area contributed by atoms with E-state index in [1.165, 1.54) is 0 Å². The van der Waals surface area contributed by atoms with Crippen LogP contribution in [0.1, 0.15) is 33.4 Å². The van der Waals surface area contributed by atoms with Crippen LogP contribution in [0.15, 0.2) is 6.20 Å². The van der Waals surface area contributed by atoms with Gasteiger partial charge >= 0.3 is 0 Å². The zero-order valence-corrected chi connectivity index (χ0v) is 13.6. The van der Waals surface area contributed by atoms with Crippen molar-refractivity contribution in [1.29, 1.82) is 0 Å². The van der Waals surface area contributed by atoms with Crippen LogP contribution in [0.2, 0.25) is 0 Å². The predicted octanol–water partition coefficient (Wildman–Crippen LogP) is 0.879. The molecule has 20 heavy (non-hydrogen) atoms. The molecule has 0 aromatic carbocycles. The Kier molecular flexibility index (Phi) is 5.16. The summed E-state index contributed by atoms with van der Waals surface area (Å²) in [5.74, 6) is 0.904. The largest absolute Gasteiger partial charge is 0.350 e. The van der Waals surface area contributed by atoms with E-state index >= 15 is 0 Å². The van der Waals surface area contributed by atoms with Gasteiger partial charge in [-0.05, 0) is 27.7 Å². The summed E-state index contributed by atoms with van der Waals surface area (Å²) in [6, 6.07) is -0.244. The van der Waals surface area contributed by atoms with Gasteiger partial charge in [0.25, 0.3) is 0 Å². The number of rotatable bonds is 5. The summed E-state index contributed by atoms with van der Waals surface area (Å²) in [4.78, 5) is 18.3. The fourth-order valence-corrected chi connectivity index (χ4v) is 1.84. The smallest absolute Gasteiger partial charge is 0.237 e. The molecule has 1 amide bonds. The van der Waals surface area contributed by atoms with Gasteiger partial charge in [0, 0.05) is 33.2 Å². The molecule has 0 radical (unpaired) electrons. The third-order valence-electron chi connectivity index (χ3n) is 2.94. The van der Waals surface area contributed by atoms with Crippen molar-refractivity contribution in [3.05, 3.63) is 11.9 Å². The molecule has 0 aliphatic rings. The topological polar surface area (TPSA) is 62.2 Å². The Hall–Kier alpha value is -1.56. The maximum atomic E-state index is 12.0. The van der Waals surface area contributed by atoms with E-state index in [4.69, 9.17) is 0 Å². The lowest BCUT2D eigenvalue weighted by atomic mass is 10.1. The molecule has 0 bridgehead atoms.